The largest absolute Gasteiger partial charge is 0.486 e. The van der Waals surface area contributed by atoms with Gasteiger partial charge in [-0.25, -0.2) is 9.67 Å². The summed E-state index contributed by atoms with van der Waals surface area (Å²) < 4.78 is 7.54. The Labute approximate surface area is 203 Å². The SMILES string of the molecule is Cc1cnnn1-c1cnc(N[C@@H](C)c2cc3cc(Cl)c(OCc4ccccn4)cc3[nH]c2=O)s1. The van der Waals surface area contributed by atoms with Crippen molar-refractivity contribution in [2.75, 3.05) is 5.32 Å². The molecular formula is C23H20ClN7O2S. The number of rotatable bonds is 7. The number of ether oxygens (including phenoxy) is 1. The molecule has 0 aliphatic heterocycles. The Balaban J connectivity index is 1.36. The minimum absolute atomic E-state index is 0.200. The highest BCUT2D eigenvalue weighted by atomic mass is 35.5. The van der Waals surface area contributed by atoms with E-state index >= 15 is 0 Å². The lowest BCUT2D eigenvalue weighted by molar-refractivity contribution is 0.302. The van der Waals surface area contributed by atoms with E-state index in [0.29, 0.717) is 27.0 Å². The van der Waals surface area contributed by atoms with Crippen molar-refractivity contribution in [2.45, 2.75) is 26.5 Å². The monoisotopic (exact) mass is 493 g/mol. The smallest absolute Gasteiger partial charge is 0.253 e. The third-order valence-electron chi connectivity index (χ3n) is 5.26. The molecule has 5 rings (SSSR count). The van der Waals surface area contributed by atoms with E-state index < -0.39 is 0 Å². The van der Waals surface area contributed by atoms with Gasteiger partial charge in [-0.15, -0.1) is 5.10 Å². The molecule has 0 aliphatic rings. The number of aromatic nitrogens is 6. The Morgan fingerprint density at radius 1 is 1.24 bits per heavy atom. The summed E-state index contributed by atoms with van der Waals surface area (Å²) >= 11 is 7.89. The van der Waals surface area contributed by atoms with Gasteiger partial charge in [0.05, 0.1) is 40.4 Å². The van der Waals surface area contributed by atoms with Crippen LogP contribution in [0.15, 0.2) is 59.8 Å². The number of nitrogens with one attached hydrogen (secondary N) is 2. The van der Waals surface area contributed by atoms with Gasteiger partial charge in [-0.3, -0.25) is 9.78 Å². The van der Waals surface area contributed by atoms with Crippen LogP contribution in [0.2, 0.25) is 5.02 Å². The number of aromatic amines is 1. The fraction of sp³-hybridized carbons (Fsp3) is 0.174. The number of H-pyrrole nitrogens is 1. The van der Waals surface area contributed by atoms with Crippen LogP contribution in [0, 0.1) is 6.92 Å². The zero-order valence-electron chi connectivity index (χ0n) is 18.3. The van der Waals surface area contributed by atoms with Crippen molar-refractivity contribution in [1.82, 2.24) is 29.9 Å². The molecule has 0 radical (unpaired) electrons. The van der Waals surface area contributed by atoms with E-state index in [-0.39, 0.29) is 18.2 Å². The van der Waals surface area contributed by atoms with Crippen LogP contribution >= 0.6 is 22.9 Å². The first-order valence-corrected chi connectivity index (χ1v) is 11.7. The summed E-state index contributed by atoms with van der Waals surface area (Å²) in [6.45, 7) is 4.10. The number of benzene rings is 1. The van der Waals surface area contributed by atoms with Gasteiger partial charge in [0.2, 0.25) is 0 Å². The molecule has 0 bridgehead atoms. The number of halogens is 1. The summed E-state index contributed by atoms with van der Waals surface area (Å²) in [6, 6.07) is 10.7. The quantitative estimate of drug-likeness (QED) is 0.339. The third-order valence-corrected chi connectivity index (χ3v) is 6.46. The number of anilines is 1. The molecule has 0 spiro atoms. The van der Waals surface area contributed by atoms with Crippen molar-refractivity contribution in [3.63, 3.8) is 0 Å². The highest BCUT2D eigenvalue weighted by Crippen LogP contribution is 2.31. The van der Waals surface area contributed by atoms with Gasteiger partial charge < -0.3 is 15.0 Å². The van der Waals surface area contributed by atoms with Gasteiger partial charge in [-0.1, -0.05) is 34.2 Å². The fourth-order valence-corrected chi connectivity index (χ4v) is 4.63. The van der Waals surface area contributed by atoms with Crippen molar-refractivity contribution < 1.29 is 4.74 Å². The lowest BCUT2D eigenvalue weighted by atomic mass is 10.1. The molecule has 0 amide bonds. The molecule has 11 heteroatoms. The van der Waals surface area contributed by atoms with Crippen molar-refractivity contribution in [2.24, 2.45) is 0 Å². The van der Waals surface area contributed by atoms with E-state index in [1.54, 1.807) is 35.4 Å². The zero-order chi connectivity index (χ0) is 23.7. The first-order valence-electron chi connectivity index (χ1n) is 10.5. The van der Waals surface area contributed by atoms with Crippen LogP contribution in [0.5, 0.6) is 5.75 Å². The van der Waals surface area contributed by atoms with Gasteiger partial charge >= 0.3 is 0 Å². The van der Waals surface area contributed by atoms with Gasteiger partial charge in [0.15, 0.2) is 5.13 Å². The fourth-order valence-electron chi connectivity index (χ4n) is 3.49. The molecule has 9 nitrogen and oxygen atoms in total. The molecule has 0 aliphatic carbocycles. The molecule has 2 N–H and O–H groups in total. The number of nitrogens with zero attached hydrogens (tertiary/aromatic N) is 5. The normalized spacial score (nSPS) is 12.1. The number of hydrogen-bond acceptors (Lipinski definition) is 8. The molecule has 1 aromatic carbocycles. The maximum atomic E-state index is 12.9. The molecule has 4 heterocycles. The molecule has 4 aromatic heterocycles. The summed E-state index contributed by atoms with van der Waals surface area (Å²) in [7, 11) is 0. The molecule has 172 valence electrons. The van der Waals surface area contributed by atoms with Crippen molar-refractivity contribution in [3.8, 4) is 10.8 Å². The van der Waals surface area contributed by atoms with E-state index in [1.807, 2.05) is 38.1 Å². The van der Waals surface area contributed by atoms with Gasteiger partial charge in [0, 0.05) is 23.2 Å². The molecule has 5 aromatic rings. The predicted molar refractivity (Wildman–Crippen MR) is 132 cm³/mol. The van der Waals surface area contributed by atoms with E-state index in [4.69, 9.17) is 16.3 Å². The number of aryl methyl sites for hydroxylation is 1. The Kier molecular flexibility index (Phi) is 5.99. The Hall–Kier alpha value is -3.76. The van der Waals surface area contributed by atoms with Crippen LogP contribution in [-0.2, 0) is 6.61 Å². The number of thiazole rings is 1. The van der Waals surface area contributed by atoms with Crippen LogP contribution in [0.4, 0.5) is 5.13 Å². The van der Waals surface area contributed by atoms with E-state index in [2.05, 4.69) is 30.6 Å². The molecule has 1 atom stereocenters. The first kappa shape index (κ1) is 22.1. The lowest BCUT2D eigenvalue weighted by Gasteiger charge is -2.14. The maximum absolute atomic E-state index is 12.9. The first-order chi connectivity index (χ1) is 16.5. The van der Waals surface area contributed by atoms with Crippen molar-refractivity contribution >= 4 is 39.0 Å². The van der Waals surface area contributed by atoms with E-state index in [0.717, 1.165) is 21.8 Å². The van der Waals surface area contributed by atoms with Crippen molar-refractivity contribution in [3.05, 3.63) is 87.3 Å². The van der Waals surface area contributed by atoms with Crippen LogP contribution < -0.4 is 15.6 Å². The van der Waals surface area contributed by atoms with Gasteiger partial charge in [0.25, 0.3) is 5.56 Å². The predicted octanol–water partition coefficient (Wildman–Crippen LogP) is 4.67. The molecule has 0 saturated heterocycles. The second-order valence-corrected chi connectivity index (χ2v) is 9.11. The summed E-state index contributed by atoms with van der Waals surface area (Å²) in [5.41, 5.74) is 2.70. The van der Waals surface area contributed by atoms with E-state index in [9.17, 15) is 4.79 Å². The van der Waals surface area contributed by atoms with Gasteiger partial charge in [-0.05, 0) is 38.1 Å². The van der Waals surface area contributed by atoms with Crippen LogP contribution in [-0.4, -0.2) is 29.9 Å². The second-order valence-electron chi connectivity index (χ2n) is 7.69. The second kappa shape index (κ2) is 9.24. The highest BCUT2D eigenvalue weighted by Gasteiger charge is 2.15. The number of pyridine rings is 2. The molecular weight excluding hydrogens is 474 g/mol. The topological polar surface area (TPSA) is 111 Å². The van der Waals surface area contributed by atoms with Crippen molar-refractivity contribution in [1.29, 1.82) is 0 Å². The average molecular weight is 494 g/mol. The maximum Gasteiger partial charge on any atom is 0.253 e. The third kappa shape index (κ3) is 4.50. The van der Waals surface area contributed by atoms with Gasteiger partial charge in [0.1, 0.15) is 17.4 Å². The Bertz CT molecular complexity index is 1510. The highest BCUT2D eigenvalue weighted by molar-refractivity contribution is 7.17. The Morgan fingerprint density at radius 3 is 2.88 bits per heavy atom. The van der Waals surface area contributed by atoms with E-state index in [1.165, 1.54) is 11.3 Å². The minimum atomic E-state index is -0.289. The van der Waals surface area contributed by atoms with Crippen LogP contribution in [0.1, 0.15) is 29.9 Å². The number of hydrogen-bond donors (Lipinski definition) is 2. The van der Waals surface area contributed by atoms with Crippen LogP contribution in [0.3, 0.4) is 0 Å². The summed E-state index contributed by atoms with van der Waals surface area (Å²) in [6.07, 6.45) is 5.11. The molecule has 0 fully saturated rings. The molecule has 0 unspecified atom stereocenters. The zero-order valence-corrected chi connectivity index (χ0v) is 19.9. The standard InChI is InChI=1S/C23H20ClN7O2S/c1-13-10-27-30-31(13)21-11-26-23(34-21)28-14(2)17-7-15-8-18(24)20(9-19(15)29-22(17)32)33-12-16-5-3-4-6-25-16/h3-11,14H,12H2,1-2H3,(H,26,28)(H,29,32)/t14-/m0/s1. The lowest BCUT2D eigenvalue weighted by Crippen LogP contribution is -2.19. The van der Waals surface area contributed by atoms with Crippen LogP contribution in [0.25, 0.3) is 15.9 Å². The summed E-state index contributed by atoms with van der Waals surface area (Å²) in [4.78, 5) is 24.4. The average Bonchev–Trinajstić information content (AvgIpc) is 3.46. The Morgan fingerprint density at radius 2 is 2.12 bits per heavy atom. The molecule has 34 heavy (non-hydrogen) atoms. The molecule has 0 saturated carbocycles. The van der Waals surface area contributed by atoms with Gasteiger partial charge in [-0.2, -0.15) is 0 Å². The summed E-state index contributed by atoms with van der Waals surface area (Å²) in [5, 5.41) is 14.0. The summed E-state index contributed by atoms with van der Waals surface area (Å²) in [5.74, 6) is 0.480. The number of fused-ring (bicyclic) bond motifs is 1. The minimum Gasteiger partial charge on any atom is -0.486 e.